The minimum atomic E-state index is -4.59. The molecule has 1 saturated carbocycles. The lowest BCUT2D eigenvalue weighted by Crippen LogP contribution is -2.51. The van der Waals surface area contributed by atoms with Crippen molar-refractivity contribution >= 4 is 59.0 Å². The first-order valence-corrected chi connectivity index (χ1v) is 16.3. The number of hydrogen-bond acceptors (Lipinski definition) is 8. The van der Waals surface area contributed by atoms with Crippen LogP contribution < -0.4 is 26.6 Å². The fourth-order valence-electron chi connectivity index (χ4n) is 5.72. The van der Waals surface area contributed by atoms with Gasteiger partial charge in [-0.25, -0.2) is 9.78 Å². The quantitative estimate of drug-likeness (QED) is 0.248. The molecule has 1 amide bonds. The van der Waals surface area contributed by atoms with E-state index in [1.165, 1.54) is 12.3 Å². The number of benzene rings is 2. The van der Waals surface area contributed by atoms with Crippen LogP contribution in [0.1, 0.15) is 31.2 Å². The normalized spacial score (nSPS) is 17.0. The number of nitrogens with two attached hydrogens (primary N) is 1. The van der Waals surface area contributed by atoms with E-state index in [0.29, 0.717) is 49.8 Å². The fraction of sp³-hybridized carbons (Fsp3) is 0.393. The van der Waals surface area contributed by atoms with Crippen LogP contribution in [0.25, 0.3) is 0 Å². The average molecular weight is 623 g/mol. The molecule has 1 saturated heterocycles. The highest BCUT2D eigenvalue weighted by molar-refractivity contribution is 7.70. The van der Waals surface area contributed by atoms with E-state index in [2.05, 4.69) is 20.6 Å². The van der Waals surface area contributed by atoms with Gasteiger partial charge in [0.1, 0.15) is 18.3 Å². The third kappa shape index (κ3) is 6.60. The van der Waals surface area contributed by atoms with E-state index in [1.807, 2.05) is 0 Å². The van der Waals surface area contributed by atoms with Gasteiger partial charge in [0.2, 0.25) is 5.95 Å². The first-order chi connectivity index (χ1) is 19.7. The summed E-state index contributed by atoms with van der Waals surface area (Å²) in [6.45, 7) is 4.21. The lowest BCUT2D eigenvalue weighted by molar-refractivity contribution is -0.137. The van der Waals surface area contributed by atoms with Crippen molar-refractivity contribution in [3.63, 3.8) is 0 Å². The molecule has 9 nitrogen and oxygen atoms in total. The Labute approximate surface area is 246 Å². The van der Waals surface area contributed by atoms with Crippen LogP contribution in [0, 0.1) is 5.41 Å². The molecule has 4 N–H and O–H groups in total. The number of nitrogens with one attached hydrogen (secondary N) is 2. The number of anilines is 5. The van der Waals surface area contributed by atoms with Crippen LogP contribution in [0.4, 0.5) is 46.8 Å². The summed E-state index contributed by atoms with van der Waals surface area (Å²) < 4.78 is 60.5. The van der Waals surface area contributed by atoms with E-state index in [1.54, 1.807) is 48.6 Å². The smallest absolute Gasteiger partial charge is 0.418 e. The average Bonchev–Trinajstić information content (AvgIpc) is 2.89. The third-order valence-electron chi connectivity index (χ3n) is 7.81. The van der Waals surface area contributed by atoms with Crippen molar-refractivity contribution in [2.24, 2.45) is 11.1 Å². The standard InChI is InChI=1S/C28H31ClF3N6O3P/c1-42(2,40)23-6-4-3-5-21(23)36-24-20(29)16-34-26(37-24)35-17-7-8-22(19(13-17)28(30,31)32)38-11-9-27(10-12-38)14-18(15-27)41-25(33)39/h3-8,13,16,18H,9-12,14-15H2,1-2H3,(H2,33,39)(H2,34,35,36,37). The van der Waals surface area contributed by atoms with Crippen LogP contribution in [0.5, 0.6) is 0 Å². The Morgan fingerprint density at radius 1 is 1.14 bits per heavy atom. The summed E-state index contributed by atoms with van der Waals surface area (Å²) >= 11 is 6.31. The van der Waals surface area contributed by atoms with E-state index < -0.39 is 25.0 Å². The lowest BCUT2D eigenvalue weighted by Gasteiger charge is -2.51. The zero-order valence-corrected chi connectivity index (χ0v) is 24.7. The van der Waals surface area contributed by atoms with E-state index in [-0.39, 0.29) is 39.7 Å². The van der Waals surface area contributed by atoms with Crippen molar-refractivity contribution in [2.45, 2.75) is 38.0 Å². The van der Waals surface area contributed by atoms with Crippen molar-refractivity contribution < 1.29 is 27.3 Å². The van der Waals surface area contributed by atoms with Gasteiger partial charge in [-0.1, -0.05) is 23.7 Å². The van der Waals surface area contributed by atoms with Crippen molar-refractivity contribution in [1.29, 1.82) is 0 Å². The van der Waals surface area contributed by atoms with Crippen LogP contribution in [0.3, 0.4) is 0 Å². The molecular weight excluding hydrogens is 592 g/mol. The van der Waals surface area contributed by atoms with Crippen molar-refractivity contribution in [2.75, 3.05) is 42.0 Å². The molecule has 1 aliphatic carbocycles. The van der Waals surface area contributed by atoms with Gasteiger partial charge in [-0.3, -0.25) is 0 Å². The maximum Gasteiger partial charge on any atom is 0.418 e. The maximum absolute atomic E-state index is 14.2. The number of para-hydroxylation sites is 1. The number of primary amides is 1. The predicted molar refractivity (Wildman–Crippen MR) is 158 cm³/mol. The molecule has 224 valence electrons. The predicted octanol–water partition coefficient (Wildman–Crippen LogP) is 6.73. The summed E-state index contributed by atoms with van der Waals surface area (Å²) in [5.74, 6) is 0.249. The summed E-state index contributed by atoms with van der Waals surface area (Å²) in [6.07, 6.45) is -1.52. The number of ether oxygens (including phenoxy) is 1. The number of alkyl halides is 3. The highest BCUT2D eigenvalue weighted by Gasteiger charge is 2.48. The Bertz CT molecular complexity index is 1530. The van der Waals surface area contributed by atoms with Crippen LogP contribution in [-0.2, 0) is 15.5 Å². The molecule has 1 aromatic heterocycles. The molecule has 2 aliphatic rings. The van der Waals surface area contributed by atoms with Gasteiger partial charge >= 0.3 is 12.3 Å². The van der Waals surface area contributed by atoms with Crippen molar-refractivity contribution in [3.05, 3.63) is 59.2 Å². The largest absolute Gasteiger partial charge is 0.446 e. The molecule has 0 atom stereocenters. The van der Waals surface area contributed by atoms with E-state index in [4.69, 9.17) is 22.1 Å². The topological polar surface area (TPSA) is 122 Å². The maximum atomic E-state index is 14.2. The number of amides is 1. The van der Waals surface area contributed by atoms with E-state index in [0.717, 1.165) is 6.07 Å². The second-order valence-corrected chi connectivity index (χ2v) is 14.8. The molecule has 0 unspecified atom stereocenters. The van der Waals surface area contributed by atoms with Gasteiger partial charge in [0, 0.05) is 29.8 Å². The molecule has 14 heteroatoms. The molecule has 2 heterocycles. The Balaban J connectivity index is 1.32. The molecule has 5 rings (SSSR count). The van der Waals surface area contributed by atoms with Gasteiger partial charge in [0.05, 0.1) is 17.4 Å². The van der Waals surface area contributed by atoms with Gasteiger partial charge in [-0.05, 0) is 74.8 Å². The van der Waals surface area contributed by atoms with Crippen molar-refractivity contribution in [3.8, 4) is 0 Å². The van der Waals surface area contributed by atoms with E-state index in [9.17, 15) is 22.5 Å². The molecule has 0 bridgehead atoms. The van der Waals surface area contributed by atoms with Gasteiger partial charge in [-0.15, -0.1) is 0 Å². The molecule has 2 fully saturated rings. The van der Waals surface area contributed by atoms with Gasteiger partial charge in [0.25, 0.3) is 0 Å². The molecule has 1 spiro atoms. The highest BCUT2D eigenvalue weighted by Crippen LogP contribution is 2.51. The molecule has 3 aromatic rings. The zero-order valence-electron chi connectivity index (χ0n) is 23.0. The van der Waals surface area contributed by atoms with Crippen LogP contribution in [0.15, 0.2) is 48.7 Å². The van der Waals surface area contributed by atoms with Crippen LogP contribution >= 0.6 is 18.7 Å². The monoisotopic (exact) mass is 622 g/mol. The molecular formula is C28H31ClF3N6O3P. The minimum absolute atomic E-state index is 0.0279. The molecule has 1 aliphatic heterocycles. The molecule has 2 aromatic carbocycles. The molecule has 0 radical (unpaired) electrons. The lowest BCUT2D eigenvalue weighted by atomic mass is 9.61. The number of piperidine rings is 1. The number of hydrogen-bond donors (Lipinski definition) is 3. The second-order valence-electron chi connectivity index (χ2n) is 11.2. The number of rotatable bonds is 7. The van der Waals surface area contributed by atoms with Crippen molar-refractivity contribution in [1.82, 2.24) is 9.97 Å². The number of nitrogens with zero attached hydrogens (tertiary/aromatic N) is 3. The Kier molecular flexibility index (Phi) is 8.06. The highest BCUT2D eigenvalue weighted by atomic mass is 35.5. The van der Waals surface area contributed by atoms with Crippen LogP contribution in [-0.4, -0.2) is 48.6 Å². The first kappa shape index (κ1) is 30.0. The number of carbonyl (C=O) groups excluding carboxylic acids is 1. The van der Waals surface area contributed by atoms with E-state index >= 15 is 0 Å². The number of halogens is 4. The summed E-state index contributed by atoms with van der Waals surface area (Å²) in [5, 5.41) is 6.72. The first-order valence-electron chi connectivity index (χ1n) is 13.4. The van der Waals surface area contributed by atoms with Crippen LogP contribution in [0.2, 0.25) is 5.02 Å². The molecule has 42 heavy (non-hydrogen) atoms. The summed E-state index contributed by atoms with van der Waals surface area (Å²) in [5.41, 5.74) is 5.12. The number of aromatic nitrogens is 2. The Morgan fingerprint density at radius 2 is 1.83 bits per heavy atom. The van der Waals surface area contributed by atoms with Gasteiger partial charge in [0.15, 0.2) is 5.82 Å². The summed E-state index contributed by atoms with van der Waals surface area (Å²) in [7, 11) is -2.62. The Morgan fingerprint density at radius 3 is 2.48 bits per heavy atom. The second kappa shape index (κ2) is 11.3. The minimum Gasteiger partial charge on any atom is -0.446 e. The summed E-state index contributed by atoms with van der Waals surface area (Å²) in [4.78, 5) is 21.2. The third-order valence-corrected chi connectivity index (χ3v) is 9.64. The fourth-order valence-corrected chi connectivity index (χ4v) is 7.02. The SMILES string of the molecule is CP(C)(=O)c1ccccc1Nc1nc(Nc2ccc(N3CCC4(CC3)CC(OC(N)=O)C4)c(C(F)(F)F)c2)ncc1Cl. The number of carbonyl (C=O) groups is 1. The van der Waals surface area contributed by atoms with Gasteiger partial charge < -0.3 is 30.6 Å². The zero-order chi connectivity index (χ0) is 30.3. The summed E-state index contributed by atoms with van der Waals surface area (Å²) in [6, 6.07) is 11.1. The Hall–Kier alpha value is -3.50. The van der Waals surface area contributed by atoms with Gasteiger partial charge in [-0.2, -0.15) is 18.2 Å².